The maximum absolute atomic E-state index is 12.3. The summed E-state index contributed by atoms with van der Waals surface area (Å²) in [5.41, 5.74) is 1.62. The lowest BCUT2D eigenvalue weighted by molar-refractivity contribution is 0.0741. The molecule has 3 rings (SSSR count). The summed E-state index contributed by atoms with van der Waals surface area (Å²) in [6.07, 6.45) is 1.66. The van der Waals surface area contributed by atoms with Gasteiger partial charge in [0.25, 0.3) is 5.91 Å². The molecule has 1 aliphatic heterocycles. The standard InChI is InChI=1S/C15H18N4OS/c1-11-12(2)21-15(17-11)19-9-7-18(8-10-19)14(20)13-5-3-4-6-16-13/h3-6H,7-10H2,1-2H3. The zero-order valence-corrected chi connectivity index (χ0v) is 13.1. The number of rotatable bonds is 2. The average Bonchev–Trinajstić information content (AvgIpc) is 2.87. The summed E-state index contributed by atoms with van der Waals surface area (Å²) in [6.45, 7) is 7.21. The lowest BCUT2D eigenvalue weighted by Gasteiger charge is -2.34. The fourth-order valence-electron chi connectivity index (χ4n) is 2.34. The summed E-state index contributed by atoms with van der Waals surface area (Å²) in [5.74, 6) is 0.0155. The number of hydrogen-bond donors (Lipinski definition) is 0. The van der Waals surface area contributed by atoms with Crippen molar-refractivity contribution in [3.8, 4) is 0 Å². The fourth-order valence-corrected chi connectivity index (χ4v) is 3.30. The summed E-state index contributed by atoms with van der Waals surface area (Å²) in [6, 6.07) is 5.43. The molecule has 0 bridgehead atoms. The van der Waals surface area contributed by atoms with Crippen LogP contribution in [0.5, 0.6) is 0 Å². The van der Waals surface area contributed by atoms with Gasteiger partial charge in [0.2, 0.25) is 0 Å². The predicted octanol–water partition coefficient (Wildman–Crippen LogP) is 2.12. The Balaban J connectivity index is 1.64. The molecule has 0 atom stereocenters. The first kappa shape index (κ1) is 14.0. The SMILES string of the molecule is Cc1nc(N2CCN(C(=O)c3ccccn3)CC2)sc1C. The first-order chi connectivity index (χ1) is 10.1. The Morgan fingerprint density at radius 2 is 1.95 bits per heavy atom. The molecule has 0 radical (unpaired) electrons. The Morgan fingerprint density at radius 3 is 2.52 bits per heavy atom. The highest BCUT2D eigenvalue weighted by Crippen LogP contribution is 2.26. The Hall–Kier alpha value is -1.95. The first-order valence-corrected chi connectivity index (χ1v) is 7.86. The first-order valence-electron chi connectivity index (χ1n) is 7.04. The Bertz CT molecular complexity index is 613. The second-order valence-electron chi connectivity index (χ2n) is 5.13. The van der Waals surface area contributed by atoms with E-state index in [0.29, 0.717) is 18.8 Å². The highest BCUT2D eigenvalue weighted by atomic mass is 32.1. The third-order valence-electron chi connectivity index (χ3n) is 3.74. The van der Waals surface area contributed by atoms with Gasteiger partial charge in [-0.15, -0.1) is 11.3 Å². The highest BCUT2D eigenvalue weighted by Gasteiger charge is 2.24. The van der Waals surface area contributed by atoms with Crippen LogP contribution in [-0.2, 0) is 0 Å². The maximum Gasteiger partial charge on any atom is 0.272 e. The third-order valence-corrected chi connectivity index (χ3v) is 4.87. The number of pyridine rings is 1. The number of nitrogens with zero attached hydrogens (tertiary/aromatic N) is 4. The Labute approximate surface area is 128 Å². The van der Waals surface area contributed by atoms with E-state index in [9.17, 15) is 4.79 Å². The van der Waals surface area contributed by atoms with Gasteiger partial charge in [-0.3, -0.25) is 9.78 Å². The molecule has 0 N–H and O–H groups in total. The van der Waals surface area contributed by atoms with E-state index in [1.54, 1.807) is 23.6 Å². The van der Waals surface area contributed by atoms with Crippen molar-refractivity contribution >= 4 is 22.4 Å². The normalized spacial score (nSPS) is 15.3. The van der Waals surface area contributed by atoms with Crippen LogP contribution in [0.3, 0.4) is 0 Å². The molecule has 0 saturated carbocycles. The Kier molecular flexibility index (Phi) is 3.88. The average molecular weight is 302 g/mol. The van der Waals surface area contributed by atoms with Crippen molar-refractivity contribution in [3.05, 3.63) is 40.7 Å². The number of thiazole rings is 1. The van der Waals surface area contributed by atoms with Gasteiger partial charge in [0.05, 0.1) is 5.69 Å². The van der Waals surface area contributed by atoms with E-state index >= 15 is 0 Å². The lowest BCUT2D eigenvalue weighted by Crippen LogP contribution is -2.49. The van der Waals surface area contributed by atoms with Crippen molar-refractivity contribution < 1.29 is 4.79 Å². The van der Waals surface area contributed by atoms with Crippen LogP contribution in [0.1, 0.15) is 21.1 Å². The fraction of sp³-hybridized carbons (Fsp3) is 0.400. The van der Waals surface area contributed by atoms with Gasteiger partial charge in [-0.2, -0.15) is 0 Å². The zero-order chi connectivity index (χ0) is 14.8. The second-order valence-corrected chi connectivity index (χ2v) is 6.31. The molecule has 0 spiro atoms. The Morgan fingerprint density at radius 1 is 1.19 bits per heavy atom. The largest absolute Gasteiger partial charge is 0.345 e. The minimum atomic E-state index is 0.0155. The topological polar surface area (TPSA) is 49.3 Å². The van der Waals surface area contributed by atoms with Crippen LogP contribution in [0.4, 0.5) is 5.13 Å². The van der Waals surface area contributed by atoms with Gasteiger partial charge in [-0.1, -0.05) is 6.07 Å². The predicted molar refractivity (Wildman–Crippen MR) is 83.9 cm³/mol. The molecule has 1 amide bonds. The number of piperazine rings is 1. The molecule has 1 saturated heterocycles. The molecule has 110 valence electrons. The van der Waals surface area contributed by atoms with E-state index in [1.165, 1.54) is 4.88 Å². The number of aryl methyl sites for hydroxylation is 2. The van der Waals surface area contributed by atoms with Gasteiger partial charge in [0, 0.05) is 37.3 Å². The summed E-state index contributed by atoms with van der Waals surface area (Å²) < 4.78 is 0. The minimum Gasteiger partial charge on any atom is -0.345 e. The van der Waals surface area contributed by atoms with Crippen LogP contribution >= 0.6 is 11.3 Å². The molecule has 0 aromatic carbocycles. The van der Waals surface area contributed by atoms with E-state index < -0.39 is 0 Å². The molecule has 1 fully saturated rings. The van der Waals surface area contributed by atoms with Gasteiger partial charge in [-0.25, -0.2) is 4.98 Å². The maximum atomic E-state index is 12.3. The van der Waals surface area contributed by atoms with E-state index in [1.807, 2.05) is 24.0 Å². The number of carbonyl (C=O) groups excluding carboxylic acids is 1. The third kappa shape index (κ3) is 2.90. The molecular formula is C15H18N4OS. The molecule has 1 aliphatic rings. The van der Waals surface area contributed by atoms with Crippen molar-refractivity contribution in [1.29, 1.82) is 0 Å². The zero-order valence-electron chi connectivity index (χ0n) is 12.2. The van der Waals surface area contributed by atoms with Crippen LogP contribution in [-0.4, -0.2) is 47.0 Å². The van der Waals surface area contributed by atoms with E-state index in [4.69, 9.17) is 0 Å². The molecule has 3 heterocycles. The number of amides is 1. The van der Waals surface area contributed by atoms with Crippen LogP contribution in [0, 0.1) is 13.8 Å². The van der Waals surface area contributed by atoms with Crippen molar-refractivity contribution in [2.75, 3.05) is 31.1 Å². The smallest absolute Gasteiger partial charge is 0.272 e. The van der Waals surface area contributed by atoms with Gasteiger partial charge in [0.15, 0.2) is 5.13 Å². The molecule has 6 heteroatoms. The molecule has 2 aromatic heterocycles. The summed E-state index contributed by atoms with van der Waals surface area (Å²) in [7, 11) is 0. The summed E-state index contributed by atoms with van der Waals surface area (Å²) in [4.78, 5) is 26.4. The van der Waals surface area contributed by atoms with E-state index in [0.717, 1.165) is 23.9 Å². The van der Waals surface area contributed by atoms with Crippen LogP contribution in [0.2, 0.25) is 0 Å². The molecular weight excluding hydrogens is 284 g/mol. The molecule has 0 aliphatic carbocycles. The molecule has 0 unspecified atom stereocenters. The van der Waals surface area contributed by atoms with Crippen LogP contribution in [0.15, 0.2) is 24.4 Å². The van der Waals surface area contributed by atoms with Gasteiger partial charge in [-0.05, 0) is 26.0 Å². The monoisotopic (exact) mass is 302 g/mol. The van der Waals surface area contributed by atoms with E-state index in [2.05, 4.69) is 21.8 Å². The minimum absolute atomic E-state index is 0.0155. The number of aromatic nitrogens is 2. The second kappa shape index (κ2) is 5.81. The summed E-state index contributed by atoms with van der Waals surface area (Å²) >= 11 is 1.73. The lowest BCUT2D eigenvalue weighted by atomic mass is 10.2. The molecule has 5 nitrogen and oxygen atoms in total. The van der Waals surface area contributed by atoms with Gasteiger partial charge < -0.3 is 9.80 Å². The van der Waals surface area contributed by atoms with Crippen LogP contribution < -0.4 is 4.90 Å². The number of hydrogen-bond acceptors (Lipinski definition) is 5. The number of anilines is 1. The van der Waals surface area contributed by atoms with E-state index in [-0.39, 0.29) is 5.91 Å². The quantitative estimate of drug-likeness (QED) is 0.852. The van der Waals surface area contributed by atoms with Crippen molar-refractivity contribution in [1.82, 2.24) is 14.9 Å². The summed E-state index contributed by atoms with van der Waals surface area (Å²) in [5, 5.41) is 1.06. The van der Waals surface area contributed by atoms with Gasteiger partial charge in [0.1, 0.15) is 5.69 Å². The number of carbonyl (C=O) groups is 1. The molecule has 2 aromatic rings. The van der Waals surface area contributed by atoms with Gasteiger partial charge >= 0.3 is 0 Å². The van der Waals surface area contributed by atoms with Crippen molar-refractivity contribution in [2.45, 2.75) is 13.8 Å². The van der Waals surface area contributed by atoms with Crippen molar-refractivity contribution in [3.63, 3.8) is 0 Å². The molecule has 21 heavy (non-hydrogen) atoms. The highest BCUT2D eigenvalue weighted by molar-refractivity contribution is 7.15. The van der Waals surface area contributed by atoms with Crippen molar-refractivity contribution in [2.24, 2.45) is 0 Å². The van der Waals surface area contributed by atoms with Crippen LogP contribution in [0.25, 0.3) is 0 Å².